The second-order valence-electron chi connectivity index (χ2n) is 4.17. The molecule has 0 aromatic carbocycles. The predicted octanol–water partition coefficient (Wildman–Crippen LogP) is 2.57. The first-order valence-corrected chi connectivity index (χ1v) is 5.12. The highest BCUT2D eigenvalue weighted by molar-refractivity contribution is 5.23. The number of hydrogen-bond donors (Lipinski definition) is 1. The zero-order valence-corrected chi connectivity index (χ0v) is 9.41. The molecule has 1 aromatic heterocycles. The second-order valence-corrected chi connectivity index (χ2v) is 4.17. The number of pyridine rings is 1. The first-order valence-electron chi connectivity index (χ1n) is 5.12. The van der Waals surface area contributed by atoms with Gasteiger partial charge in [0.2, 0.25) is 0 Å². The lowest BCUT2D eigenvalue weighted by atomic mass is 9.95. The summed E-state index contributed by atoms with van der Waals surface area (Å²) in [5.41, 5.74) is 3.38. The lowest BCUT2D eigenvalue weighted by molar-refractivity contribution is 0.176. The molecule has 0 bridgehead atoms. The molecule has 1 N–H and O–H groups in total. The molecule has 78 valence electrons. The summed E-state index contributed by atoms with van der Waals surface area (Å²) < 4.78 is 0. The third-order valence-electron chi connectivity index (χ3n) is 2.37. The minimum atomic E-state index is -0.237. The Morgan fingerprint density at radius 3 is 2.14 bits per heavy atom. The van der Waals surface area contributed by atoms with Crippen molar-refractivity contribution in [2.45, 2.75) is 46.1 Å². The Labute approximate surface area is 86.0 Å². The van der Waals surface area contributed by atoms with Gasteiger partial charge in [-0.25, -0.2) is 0 Å². The molecule has 2 heteroatoms. The van der Waals surface area contributed by atoms with Crippen molar-refractivity contribution in [3.8, 4) is 0 Å². The number of aliphatic hydroxyl groups excluding tert-OH is 1. The fourth-order valence-electron chi connectivity index (χ4n) is 1.80. The maximum Gasteiger partial charge on any atom is 0.0517 e. The van der Waals surface area contributed by atoms with Crippen LogP contribution >= 0.6 is 0 Å². The average Bonchev–Trinajstić information content (AvgIpc) is 2.00. The molecular formula is C12H19NO. The Bertz CT molecular complexity index is 287. The second kappa shape index (κ2) is 4.56. The van der Waals surface area contributed by atoms with Crippen LogP contribution in [-0.4, -0.2) is 16.2 Å². The highest BCUT2D eigenvalue weighted by Crippen LogP contribution is 2.21. The van der Waals surface area contributed by atoms with E-state index in [1.165, 1.54) is 5.56 Å². The fourth-order valence-corrected chi connectivity index (χ4v) is 1.80. The lowest BCUT2D eigenvalue weighted by Gasteiger charge is -2.14. The third kappa shape index (κ3) is 3.11. The SMILES string of the molecule is Cc1cc(C(C)CC(C)O)cc(C)n1. The molecule has 14 heavy (non-hydrogen) atoms. The molecule has 0 aliphatic rings. The van der Waals surface area contributed by atoms with E-state index in [1.807, 2.05) is 20.8 Å². The van der Waals surface area contributed by atoms with Gasteiger partial charge in [0.25, 0.3) is 0 Å². The molecule has 0 aliphatic heterocycles. The number of aryl methyl sites for hydroxylation is 2. The van der Waals surface area contributed by atoms with Gasteiger partial charge in [-0.2, -0.15) is 0 Å². The molecule has 0 spiro atoms. The van der Waals surface area contributed by atoms with Gasteiger partial charge < -0.3 is 5.11 Å². The molecule has 1 rings (SSSR count). The first-order chi connectivity index (χ1) is 6.49. The number of aliphatic hydroxyl groups is 1. The lowest BCUT2D eigenvalue weighted by Crippen LogP contribution is -2.06. The van der Waals surface area contributed by atoms with Gasteiger partial charge in [-0.1, -0.05) is 6.92 Å². The topological polar surface area (TPSA) is 33.1 Å². The summed E-state index contributed by atoms with van der Waals surface area (Å²) in [5, 5.41) is 9.31. The molecule has 1 heterocycles. The van der Waals surface area contributed by atoms with E-state index in [1.54, 1.807) is 0 Å². The summed E-state index contributed by atoms with van der Waals surface area (Å²) in [5.74, 6) is 0.399. The summed E-state index contributed by atoms with van der Waals surface area (Å²) in [4.78, 5) is 4.33. The molecule has 1 aromatic rings. The van der Waals surface area contributed by atoms with Gasteiger partial charge in [0.05, 0.1) is 6.10 Å². The zero-order valence-electron chi connectivity index (χ0n) is 9.41. The van der Waals surface area contributed by atoms with Gasteiger partial charge in [-0.3, -0.25) is 4.98 Å². The van der Waals surface area contributed by atoms with Crippen LogP contribution in [0.3, 0.4) is 0 Å². The Hall–Kier alpha value is -0.890. The van der Waals surface area contributed by atoms with E-state index >= 15 is 0 Å². The van der Waals surface area contributed by atoms with E-state index in [0.29, 0.717) is 5.92 Å². The quantitative estimate of drug-likeness (QED) is 0.800. The highest BCUT2D eigenvalue weighted by atomic mass is 16.3. The van der Waals surface area contributed by atoms with E-state index in [9.17, 15) is 5.11 Å². The molecule has 0 amide bonds. The predicted molar refractivity (Wildman–Crippen MR) is 58.4 cm³/mol. The summed E-state index contributed by atoms with van der Waals surface area (Å²) in [6.07, 6.45) is 0.571. The van der Waals surface area contributed by atoms with E-state index in [0.717, 1.165) is 17.8 Å². The Morgan fingerprint density at radius 2 is 1.71 bits per heavy atom. The summed E-state index contributed by atoms with van der Waals surface area (Å²) in [7, 11) is 0. The van der Waals surface area contributed by atoms with Crippen molar-refractivity contribution < 1.29 is 5.11 Å². The van der Waals surface area contributed by atoms with Crippen molar-refractivity contribution >= 4 is 0 Å². The van der Waals surface area contributed by atoms with Gasteiger partial charge >= 0.3 is 0 Å². The number of nitrogens with zero attached hydrogens (tertiary/aromatic N) is 1. The zero-order chi connectivity index (χ0) is 10.7. The van der Waals surface area contributed by atoms with Crippen LogP contribution in [0.1, 0.15) is 43.1 Å². The van der Waals surface area contributed by atoms with Crippen molar-refractivity contribution in [1.29, 1.82) is 0 Å². The van der Waals surface area contributed by atoms with E-state index in [2.05, 4.69) is 24.0 Å². The van der Waals surface area contributed by atoms with Crippen LogP contribution in [-0.2, 0) is 0 Å². The van der Waals surface area contributed by atoms with Crippen molar-refractivity contribution in [2.75, 3.05) is 0 Å². The van der Waals surface area contributed by atoms with Crippen molar-refractivity contribution in [2.24, 2.45) is 0 Å². The Kier molecular flexibility index (Phi) is 3.64. The molecule has 0 aliphatic carbocycles. The maximum absolute atomic E-state index is 9.31. The fraction of sp³-hybridized carbons (Fsp3) is 0.583. The average molecular weight is 193 g/mol. The van der Waals surface area contributed by atoms with Crippen molar-refractivity contribution in [3.63, 3.8) is 0 Å². The highest BCUT2D eigenvalue weighted by Gasteiger charge is 2.09. The summed E-state index contributed by atoms with van der Waals surface area (Å²) in [6.45, 7) is 7.98. The smallest absolute Gasteiger partial charge is 0.0517 e. The molecular weight excluding hydrogens is 174 g/mol. The summed E-state index contributed by atoms with van der Waals surface area (Å²) >= 11 is 0. The molecule has 2 unspecified atom stereocenters. The standard InChI is InChI=1S/C12H19NO/c1-8(5-11(4)14)12-6-9(2)13-10(3)7-12/h6-8,11,14H,5H2,1-4H3. The molecule has 0 saturated heterocycles. The normalized spacial score (nSPS) is 15.2. The van der Waals surface area contributed by atoms with Gasteiger partial charge in [0, 0.05) is 11.4 Å². The van der Waals surface area contributed by atoms with Crippen LogP contribution in [0, 0.1) is 13.8 Å². The Balaban J connectivity index is 2.84. The van der Waals surface area contributed by atoms with E-state index in [-0.39, 0.29) is 6.10 Å². The van der Waals surface area contributed by atoms with Crippen molar-refractivity contribution in [3.05, 3.63) is 29.1 Å². The summed E-state index contributed by atoms with van der Waals surface area (Å²) in [6, 6.07) is 4.19. The van der Waals surface area contributed by atoms with Gasteiger partial charge in [-0.15, -0.1) is 0 Å². The molecule has 2 nitrogen and oxygen atoms in total. The monoisotopic (exact) mass is 193 g/mol. The minimum Gasteiger partial charge on any atom is -0.393 e. The number of rotatable bonds is 3. The molecule has 0 fully saturated rings. The van der Waals surface area contributed by atoms with Crippen LogP contribution in [0.15, 0.2) is 12.1 Å². The maximum atomic E-state index is 9.31. The minimum absolute atomic E-state index is 0.237. The Morgan fingerprint density at radius 1 is 1.21 bits per heavy atom. The first kappa shape index (κ1) is 11.2. The number of aromatic nitrogens is 1. The van der Waals surface area contributed by atoms with Gasteiger partial charge in [0.1, 0.15) is 0 Å². The molecule has 0 saturated carbocycles. The molecule has 2 atom stereocenters. The van der Waals surface area contributed by atoms with Gasteiger partial charge in [0.15, 0.2) is 0 Å². The van der Waals surface area contributed by atoms with E-state index < -0.39 is 0 Å². The third-order valence-corrected chi connectivity index (χ3v) is 2.37. The molecule has 0 radical (unpaired) electrons. The van der Waals surface area contributed by atoms with Crippen molar-refractivity contribution in [1.82, 2.24) is 4.98 Å². The van der Waals surface area contributed by atoms with Crippen LogP contribution in [0.4, 0.5) is 0 Å². The largest absolute Gasteiger partial charge is 0.393 e. The van der Waals surface area contributed by atoms with Crippen LogP contribution in [0.5, 0.6) is 0 Å². The van der Waals surface area contributed by atoms with Gasteiger partial charge in [-0.05, 0) is 50.8 Å². The van der Waals surface area contributed by atoms with Crippen LogP contribution < -0.4 is 0 Å². The van der Waals surface area contributed by atoms with Crippen LogP contribution in [0.2, 0.25) is 0 Å². The van der Waals surface area contributed by atoms with Crippen LogP contribution in [0.25, 0.3) is 0 Å². The number of hydrogen-bond acceptors (Lipinski definition) is 2. The van der Waals surface area contributed by atoms with E-state index in [4.69, 9.17) is 0 Å².